The number of esters is 1. The Morgan fingerprint density at radius 1 is 1.15 bits per heavy atom. The largest absolute Gasteiger partial charge is 0.467 e. The average Bonchev–Trinajstić information content (AvgIpc) is 3.17. The van der Waals surface area contributed by atoms with Crippen LogP contribution in [0.2, 0.25) is 0 Å². The number of hydrogen-bond donors (Lipinski definition) is 0. The number of ether oxygens (including phenoxy) is 3. The van der Waals surface area contributed by atoms with Crippen molar-refractivity contribution in [2.45, 2.75) is 44.4 Å². The van der Waals surface area contributed by atoms with Crippen molar-refractivity contribution in [1.82, 2.24) is 4.90 Å². The molecule has 0 spiro atoms. The second-order valence-corrected chi connectivity index (χ2v) is 9.62. The molecule has 1 heterocycles. The summed E-state index contributed by atoms with van der Waals surface area (Å²) >= 11 is 0. The predicted octanol–water partition coefficient (Wildman–Crippen LogP) is 4.57. The van der Waals surface area contributed by atoms with Gasteiger partial charge in [0.15, 0.2) is 0 Å². The Bertz CT molecular complexity index is 1070. The second kappa shape index (κ2) is 9.06. The Hall–Kier alpha value is -3.06. The summed E-state index contributed by atoms with van der Waals surface area (Å²) < 4.78 is 16.6. The third kappa shape index (κ3) is 4.83. The van der Waals surface area contributed by atoms with Crippen LogP contribution in [0.15, 0.2) is 36.9 Å². The summed E-state index contributed by atoms with van der Waals surface area (Å²) in [4.78, 5) is 29.0. The van der Waals surface area contributed by atoms with Crippen LogP contribution in [-0.4, -0.2) is 63.5 Å². The van der Waals surface area contributed by atoms with E-state index in [9.17, 15) is 9.59 Å². The van der Waals surface area contributed by atoms with E-state index >= 15 is 0 Å². The highest BCUT2D eigenvalue weighted by atomic mass is 16.6. The molecule has 1 fully saturated rings. The molecule has 1 saturated heterocycles. The average molecular weight is 455 g/mol. The van der Waals surface area contributed by atoms with Crippen molar-refractivity contribution in [2.24, 2.45) is 0 Å². The first kappa shape index (κ1) is 24.6. The molecule has 0 saturated carbocycles. The maximum atomic E-state index is 12.9. The molecule has 0 N–H and O–H groups in total. The summed E-state index contributed by atoms with van der Waals surface area (Å²) in [5.74, 6) is -0.495. The zero-order valence-electron chi connectivity index (χ0n) is 20.6. The zero-order valence-corrected chi connectivity index (χ0v) is 20.6. The molecule has 0 radical (unpaired) electrons. The fraction of sp³-hybridized carbons (Fsp3) is 0.462. The summed E-state index contributed by atoms with van der Waals surface area (Å²) in [6.07, 6.45) is 1.54. The van der Waals surface area contributed by atoms with Gasteiger partial charge in [-0.1, -0.05) is 24.8 Å². The highest BCUT2D eigenvalue weighted by molar-refractivity contribution is 5.91. The Morgan fingerprint density at radius 2 is 1.85 bits per heavy atom. The molecular weight excluding hydrogens is 420 g/mol. The van der Waals surface area contributed by atoms with Crippen molar-refractivity contribution in [1.29, 1.82) is 0 Å². The van der Waals surface area contributed by atoms with Gasteiger partial charge in [-0.15, -0.1) is 0 Å². The molecule has 0 aromatic heterocycles. The van der Waals surface area contributed by atoms with Crippen LogP contribution in [0.1, 0.15) is 38.3 Å². The molecule has 2 unspecified atom stereocenters. The van der Waals surface area contributed by atoms with Crippen LogP contribution in [0.4, 0.5) is 10.5 Å². The molecule has 2 atom stereocenters. The molecule has 1 aliphatic heterocycles. The van der Waals surface area contributed by atoms with Crippen LogP contribution < -0.4 is 4.90 Å². The van der Waals surface area contributed by atoms with Crippen LogP contribution in [0.25, 0.3) is 16.8 Å². The van der Waals surface area contributed by atoms with Crippen LogP contribution in [0.5, 0.6) is 0 Å². The molecule has 2 aromatic rings. The molecule has 0 aliphatic carbocycles. The Kier molecular flexibility index (Phi) is 6.75. The Balaban J connectivity index is 2.06. The topological polar surface area (TPSA) is 68.3 Å². The summed E-state index contributed by atoms with van der Waals surface area (Å²) in [6.45, 7) is 9.50. The van der Waals surface area contributed by atoms with Crippen LogP contribution in [0, 0.1) is 0 Å². The van der Waals surface area contributed by atoms with Crippen molar-refractivity contribution in [2.75, 3.05) is 39.8 Å². The number of methoxy groups -OCH3 is 2. The van der Waals surface area contributed by atoms with Gasteiger partial charge in [-0.25, -0.2) is 9.59 Å². The highest BCUT2D eigenvalue weighted by Gasteiger charge is 2.52. The van der Waals surface area contributed by atoms with Crippen molar-refractivity contribution in [3.8, 4) is 0 Å². The molecule has 2 aromatic carbocycles. The van der Waals surface area contributed by atoms with Crippen LogP contribution >= 0.6 is 0 Å². The number of amides is 1. The first-order chi connectivity index (χ1) is 15.4. The minimum absolute atomic E-state index is 0.174. The summed E-state index contributed by atoms with van der Waals surface area (Å²) in [7, 11) is 6.91. The number of nitrogens with zero attached hydrogens (tertiary/aromatic N) is 2. The monoisotopic (exact) mass is 454 g/mol. The van der Waals surface area contributed by atoms with E-state index in [4.69, 9.17) is 14.2 Å². The number of benzene rings is 2. The number of rotatable bonds is 5. The maximum Gasteiger partial charge on any atom is 0.411 e. The van der Waals surface area contributed by atoms with E-state index in [2.05, 4.69) is 29.7 Å². The van der Waals surface area contributed by atoms with E-state index in [1.165, 1.54) is 12.0 Å². The number of likely N-dealkylation sites (tertiary alicyclic amines) is 1. The molecule has 0 bridgehead atoms. The van der Waals surface area contributed by atoms with Crippen molar-refractivity contribution in [3.63, 3.8) is 0 Å². The van der Waals surface area contributed by atoms with Gasteiger partial charge in [0.1, 0.15) is 17.2 Å². The van der Waals surface area contributed by atoms with E-state index < -0.39 is 29.3 Å². The van der Waals surface area contributed by atoms with Gasteiger partial charge < -0.3 is 19.1 Å². The summed E-state index contributed by atoms with van der Waals surface area (Å²) in [5, 5.41) is 2.10. The molecule has 3 rings (SSSR count). The lowest BCUT2D eigenvalue weighted by Gasteiger charge is -2.30. The third-order valence-electron chi connectivity index (χ3n) is 6.03. The highest BCUT2D eigenvalue weighted by Crippen LogP contribution is 2.41. The van der Waals surface area contributed by atoms with E-state index in [-0.39, 0.29) is 13.0 Å². The molecule has 1 amide bonds. The number of hydrogen-bond acceptors (Lipinski definition) is 6. The van der Waals surface area contributed by atoms with Crippen molar-refractivity contribution < 1.29 is 23.8 Å². The van der Waals surface area contributed by atoms with E-state index in [1.54, 1.807) is 27.9 Å². The van der Waals surface area contributed by atoms with Gasteiger partial charge in [-0.3, -0.25) is 4.90 Å². The number of anilines is 1. The van der Waals surface area contributed by atoms with Gasteiger partial charge in [0.05, 0.1) is 13.7 Å². The first-order valence-corrected chi connectivity index (χ1v) is 11.0. The van der Waals surface area contributed by atoms with Gasteiger partial charge in [-0.05, 0) is 60.9 Å². The van der Waals surface area contributed by atoms with Gasteiger partial charge in [0.2, 0.25) is 0 Å². The second-order valence-electron chi connectivity index (χ2n) is 9.62. The lowest BCUT2D eigenvalue weighted by Crippen LogP contribution is -2.44. The number of fused-ring (bicyclic) bond motifs is 1. The standard InChI is InChI=1S/C26H34N2O5/c1-9-17-12-19-13-20(11-10-18(19)14-21(17)27(5)6)26(32-8)15-22(23(29)31-7)28(16-26)24(30)33-25(2,3)4/h9-14,22H,1,15-16H2,2-8H3. The molecule has 7 heteroatoms. The smallest absolute Gasteiger partial charge is 0.411 e. The fourth-order valence-corrected chi connectivity index (χ4v) is 4.34. The fourth-order valence-electron chi connectivity index (χ4n) is 4.34. The Labute approximate surface area is 195 Å². The van der Waals surface area contributed by atoms with Crippen molar-refractivity contribution in [3.05, 3.63) is 48.0 Å². The lowest BCUT2D eigenvalue weighted by atomic mass is 9.88. The van der Waals surface area contributed by atoms with Crippen molar-refractivity contribution >= 4 is 34.6 Å². The summed E-state index contributed by atoms with van der Waals surface area (Å²) in [5.41, 5.74) is 1.41. The van der Waals surface area contributed by atoms with Gasteiger partial charge in [-0.2, -0.15) is 0 Å². The van der Waals surface area contributed by atoms with E-state index in [0.717, 1.165) is 27.6 Å². The van der Waals surface area contributed by atoms with E-state index in [0.29, 0.717) is 0 Å². The third-order valence-corrected chi connectivity index (χ3v) is 6.03. The van der Waals surface area contributed by atoms with E-state index in [1.807, 2.05) is 32.3 Å². The minimum Gasteiger partial charge on any atom is -0.467 e. The first-order valence-electron chi connectivity index (χ1n) is 11.0. The van der Waals surface area contributed by atoms with Crippen LogP contribution in [-0.2, 0) is 24.6 Å². The predicted molar refractivity (Wildman–Crippen MR) is 130 cm³/mol. The van der Waals surface area contributed by atoms with Gasteiger partial charge >= 0.3 is 12.1 Å². The Morgan fingerprint density at radius 3 is 2.39 bits per heavy atom. The number of carbonyl (C=O) groups excluding carboxylic acids is 2. The molecular formula is C26H34N2O5. The quantitative estimate of drug-likeness (QED) is 0.617. The molecule has 7 nitrogen and oxygen atoms in total. The normalized spacial score (nSPS) is 20.6. The maximum absolute atomic E-state index is 12.9. The van der Waals surface area contributed by atoms with Gasteiger partial charge in [0.25, 0.3) is 0 Å². The SMILES string of the molecule is C=Cc1cc2cc(C3(OC)CC(C(=O)OC)N(C(=O)OC(C)(C)C)C3)ccc2cc1N(C)C. The lowest BCUT2D eigenvalue weighted by molar-refractivity contribution is -0.145. The molecule has 33 heavy (non-hydrogen) atoms. The number of carbonyl (C=O) groups is 2. The minimum atomic E-state index is -0.876. The molecule has 178 valence electrons. The molecule has 1 aliphatic rings. The van der Waals surface area contributed by atoms with Gasteiger partial charge in [0, 0.05) is 33.3 Å². The summed E-state index contributed by atoms with van der Waals surface area (Å²) in [6, 6.07) is 9.48. The van der Waals surface area contributed by atoms with Crippen LogP contribution in [0.3, 0.4) is 0 Å². The zero-order chi connectivity index (χ0) is 24.6.